The maximum atomic E-state index is 12.1. The Bertz CT molecular complexity index is 772. The van der Waals surface area contributed by atoms with Crippen LogP contribution in [0.25, 0.3) is 0 Å². The van der Waals surface area contributed by atoms with Gasteiger partial charge in [0.25, 0.3) is 11.6 Å². The van der Waals surface area contributed by atoms with Crippen LogP contribution in [0.5, 0.6) is 0 Å². The van der Waals surface area contributed by atoms with E-state index in [1.807, 2.05) is 6.07 Å². The van der Waals surface area contributed by atoms with Crippen LogP contribution in [0.2, 0.25) is 0 Å². The Morgan fingerprint density at radius 2 is 1.61 bits per heavy atom. The number of nitro groups is 1. The van der Waals surface area contributed by atoms with E-state index in [1.54, 1.807) is 0 Å². The van der Waals surface area contributed by atoms with Gasteiger partial charge in [0.15, 0.2) is 0 Å². The molecule has 0 aromatic heterocycles. The lowest BCUT2D eigenvalue weighted by molar-refractivity contribution is -0.384. The molecule has 1 fully saturated rings. The van der Waals surface area contributed by atoms with Gasteiger partial charge in [-0.15, -0.1) is 0 Å². The van der Waals surface area contributed by atoms with Gasteiger partial charge in [0.2, 0.25) is 0 Å². The zero-order chi connectivity index (χ0) is 19.8. The van der Waals surface area contributed by atoms with Crippen LogP contribution in [0.4, 0.5) is 5.69 Å². The lowest BCUT2D eigenvalue weighted by Crippen LogP contribution is -2.46. The molecule has 1 aliphatic rings. The standard InChI is InChI=1S/C21H26N4O3/c26-21(19-7-9-20(10-8-19)25(27)28)22-11-4-12-23-13-15-24(16-14-23)17-18-5-2-1-3-6-18/h1-3,5-10H,4,11-17H2,(H,22,26). The summed E-state index contributed by atoms with van der Waals surface area (Å²) in [5.74, 6) is -0.192. The van der Waals surface area contributed by atoms with Crippen LogP contribution < -0.4 is 5.32 Å². The zero-order valence-corrected chi connectivity index (χ0v) is 15.9. The van der Waals surface area contributed by atoms with E-state index in [0.29, 0.717) is 12.1 Å². The number of carbonyl (C=O) groups excluding carboxylic acids is 1. The molecule has 1 heterocycles. The summed E-state index contributed by atoms with van der Waals surface area (Å²) in [7, 11) is 0. The Hall–Kier alpha value is -2.77. The first kappa shape index (κ1) is 20.0. The predicted molar refractivity (Wildman–Crippen MR) is 108 cm³/mol. The summed E-state index contributed by atoms with van der Waals surface area (Å²) in [6.45, 7) is 6.76. The number of hydrogen-bond donors (Lipinski definition) is 1. The van der Waals surface area contributed by atoms with Crippen molar-refractivity contribution in [1.82, 2.24) is 15.1 Å². The molecular formula is C21H26N4O3. The monoisotopic (exact) mass is 382 g/mol. The second-order valence-corrected chi connectivity index (χ2v) is 7.02. The van der Waals surface area contributed by atoms with E-state index in [0.717, 1.165) is 45.7 Å². The molecule has 0 aliphatic carbocycles. The van der Waals surface area contributed by atoms with E-state index in [4.69, 9.17) is 0 Å². The number of piperazine rings is 1. The molecule has 1 saturated heterocycles. The Labute approximate surface area is 165 Å². The number of non-ortho nitro benzene ring substituents is 1. The molecular weight excluding hydrogens is 356 g/mol. The van der Waals surface area contributed by atoms with Crippen LogP contribution in [0.3, 0.4) is 0 Å². The minimum atomic E-state index is -0.471. The normalized spacial score (nSPS) is 15.3. The smallest absolute Gasteiger partial charge is 0.269 e. The van der Waals surface area contributed by atoms with Gasteiger partial charge >= 0.3 is 0 Å². The Morgan fingerprint density at radius 1 is 0.964 bits per heavy atom. The van der Waals surface area contributed by atoms with E-state index in [-0.39, 0.29) is 11.6 Å². The summed E-state index contributed by atoms with van der Waals surface area (Å²) in [6, 6.07) is 16.2. The number of benzene rings is 2. The largest absolute Gasteiger partial charge is 0.352 e. The molecule has 1 N–H and O–H groups in total. The summed E-state index contributed by atoms with van der Waals surface area (Å²) >= 11 is 0. The first-order valence-electron chi connectivity index (χ1n) is 9.63. The summed E-state index contributed by atoms with van der Waals surface area (Å²) < 4.78 is 0. The highest BCUT2D eigenvalue weighted by molar-refractivity contribution is 5.94. The van der Waals surface area contributed by atoms with Gasteiger partial charge in [-0.05, 0) is 30.7 Å². The molecule has 0 saturated carbocycles. The molecule has 2 aromatic rings. The van der Waals surface area contributed by atoms with Crippen molar-refractivity contribution < 1.29 is 9.72 Å². The first-order valence-corrected chi connectivity index (χ1v) is 9.63. The molecule has 28 heavy (non-hydrogen) atoms. The molecule has 1 aliphatic heterocycles. The molecule has 0 atom stereocenters. The van der Waals surface area contributed by atoms with Gasteiger partial charge in [-0.1, -0.05) is 30.3 Å². The van der Waals surface area contributed by atoms with E-state index in [9.17, 15) is 14.9 Å². The van der Waals surface area contributed by atoms with Gasteiger partial charge in [-0.3, -0.25) is 19.8 Å². The minimum Gasteiger partial charge on any atom is -0.352 e. The van der Waals surface area contributed by atoms with Gasteiger partial charge in [0, 0.05) is 57.0 Å². The molecule has 2 aromatic carbocycles. The van der Waals surface area contributed by atoms with Crippen molar-refractivity contribution >= 4 is 11.6 Å². The summed E-state index contributed by atoms with van der Waals surface area (Å²) in [4.78, 5) is 27.2. The van der Waals surface area contributed by atoms with Crippen LogP contribution in [-0.4, -0.2) is 59.9 Å². The van der Waals surface area contributed by atoms with Crippen LogP contribution >= 0.6 is 0 Å². The van der Waals surface area contributed by atoms with Crippen molar-refractivity contribution in [3.8, 4) is 0 Å². The van der Waals surface area contributed by atoms with Crippen molar-refractivity contribution in [2.24, 2.45) is 0 Å². The number of nitro benzene ring substituents is 1. The Kier molecular flexibility index (Phi) is 7.11. The quantitative estimate of drug-likeness (QED) is 0.431. The van der Waals surface area contributed by atoms with Gasteiger partial charge in [0.05, 0.1) is 4.92 Å². The number of rotatable bonds is 8. The first-order chi connectivity index (χ1) is 13.6. The Morgan fingerprint density at radius 3 is 2.25 bits per heavy atom. The zero-order valence-electron chi connectivity index (χ0n) is 15.9. The van der Waals surface area contributed by atoms with Crippen LogP contribution in [0, 0.1) is 10.1 Å². The fraction of sp³-hybridized carbons (Fsp3) is 0.381. The predicted octanol–water partition coefficient (Wildman–Crippen LogP) is 2.53. The third kappa shape index (κ3) is 5.87. The molecule has 7 nitrogen and oxygen atoms in total. The second-order valence-electron chi connectivity index (χ2n) is 7.02. The van der Waals surface area contributed by atoms with Crippen molar-refractivity contribution in [2.75, 3.05) is 39.3 Å². The topological polar surface area (TPSA) is 78.7 Å². The number of amides is 1. The van der Waals surface area contributed by atoms with Crippen LogP contribution in [0.1, 0.15) is 22.3 Å². The van der Waals surface area contributed by atoms with E-state index < -0.39 is 4.92 Å². The lowest BCUT2D eigenvalue weighted by atomic mass is 10.2. The van der Waals surface area contributed by atoms with Crippen molar-refractivity contribution in [3.63, 3.8) is 0 Å². The number of nitrogens with zero attached hydrogens (tertiary/aromatic N) is 3. The molecule has 0 bridgehead atoms. The van der Waals surface area contributed by atoms with Crippen LogP contribution in [-0.2, 0) is 6.54 Å². The van der Waals surface area contributed by atoms with Crippen molar-refractivity contribution in [2.45, 2.75) is 13.0 Å². The SMILES string of the molecule is O=C(NCCCN1CCN(Cc2ccccc2)CC1)c1ccc([N+](=O)[O-])cc1. The van der Waals surface area contributed by atoms with Crippen molar-refractivity contribution in [3.05, 3.63) is 75.8 Å². The maximum absolute atomic E-state index is 12.1. The van der Waals surface area contributed by atoms with Gasteiger partial charge < -0.3 is 10.2 Å². The van der Waals surface area contributed by atoms with E-state index in [1.165, 1.54) is 29.8 Å². The summed E-state index contributed by atoms with van der Waals surface area (Å²) in [5.41, 5.74) is 1.79. The highest BCUT2D eigenvalue weighted by Gasteiger charge is 2.16. The third-order valence-electron chi connectivity index (χ3n) is 4.99. The average Bonchev–Trinajstić information content (AvgIpc) is 2.73. The maximum Gasteiger partial charge on any atom is 0.269 e. The number of nitrogens with one attached hydrogen (secondary N) is 1. The summed E-state index contributed by atoms with van der Waals surface area (Å²) in [6.07, 6.45) is 0.886. The molecule has 1 amide bonds. The highest BCUT2D eigenvalue weighted by atomic mass is 16.6. The summed E-state index contributed by atoms with van der Waals surface area (Å²) in [5, 5.41) is 13.5. The third-order valence-corrected chi connectivity index (χ3v) is 4.99. The molecule has 3 rings (SSSR count). The second kappa shape index (κ2) is 9.96. The molecule has 0 unspecified atom stereocenters. The Balaban J connectivity index is 1.31. The molecule has 0 radical (unpaired) electrons. The van der Waals surface area contributed by atoms with E-state index >= 15 is 0 Å². The van der Waals surface area contributed by atoms with Crippen LogP contribution in [0.15, 0.2) is 54.6 Å². The number of hydrogen-bond acceptors (Lipinski definition) is 5. The number of carbonyl (C=O) groups is 1. The fourth-order valence-corrected chi connectivity index (χ4v) is 3.35. The molecule has 0 spiro atoms. The molecule has 148 valence electrons. The van der Waals surface area contributed by atoms with Gasteiger partial charge in [0.1, 0.15) is 0 Å². The minimum absolute atomic E-state index is 0.0112. The average molecular weight is 382 g/mol. The van der Waals surface area contributed by atoms with Gasteiger partial charge in [-0.2, -0.15) is 0 Å². The molecule has 7 heteroatoms. The van der Waals surface area contributed by atoms with E-state index in [2.05, 4.69) is 39.4 Å². The highest BCUT2D eigenvalue weighted by Crippen LogP contribution is 2.12. The van der Waals surface area contributed by atoms with Crippen molar-refractivity contribution in [1.29, 1.82) is 0 Å². The fourth-order valence-electron chi connectivity index (χ4n) is 3.35. The lowest BCUT2D eigenvalue weighted by Gasteiger charge is -2.34. The van der Waals surface area contributed by atoms with Gasteiger partial charge in [-0.25, -0.2) is 0 Å².